The third kappa shape index (κ3) is 3.36. The molecule has 3 heteroatoms. The SMILES string of the molecule is CCC1CC1NC(=O)c1cc(C)ccc1C#CCN. The van der Waals surface area contributed by atoms with Crippen molar-refractivity contribution in [1.29, 1.82) is 0 Å². The molecule has 0 spiro atoms. The maximum absolute atomic E-state index is 12.3. The zero-order valence-electron chi connectivity index (χ0n) is 11.5. The van der Waals surface area contributed by atoms with Gasteiger partial charge in [-0.15, -0.1) is 0 Å². The van der Waals surface area contributed by atoms with Gasteiger partial charge in [-0.2, -0.15) is 0 Å². The molecular formula is C16H20N2O. The van der Waals surface area contributed by atoms with Crippen LogP contribution >= 0.6 is 0 Å². The summed E-state index contributed by atoms with van der Waals surface area (Å²) in [7, 11) is 0. The van der Waals surface area contributed by atoms with Crippen LogP contribution in [0.2, 0.25) is 0 Å². The minimum atomic E-state index is -0.0222. The number of hydrogen-bond donors (Lipinski definition) is 2. The van der Waals surface area contributed by atoms with Gasteiger partial charge in [-0.05, 0) is 31.4 Å². The van der Waals surface area contributed by atoms with Crippen molar-refractivity contribution in [3.63, 3.8) is 0 Å². The summed E-state index contributed by atoms with van der Waals surface area (Å²) in [5, 5.41) is 3.08. The van der Waals surface area contributed by atoms with Crippen LogP contribution in [0.1, 0.15) is 41.3 Å². The van der Waals surface area contributed by atoms with Gasteiger partial charge in [0.1, 0.15) is 0 Å². The maximum atomic E-state index is 12.3. The van der Waals surface area contributed by atoms with Crippen LogP contribution in [-0.2, 0) is 0 Å². The Labute approximate surface area is 114 Å². The van der Waals surface area contributed by atoms with E-state index in [1.54, 1.807) is 0 Å². The second kappa shape index (κ2) is 5.90. The van der Waals surface area contributed by atoms with Gasteiger partial charge in [-0.3, -0.25) is 4.79 Å². The summed E-state index contributed by atoms with van der Waals surface area (Å²) in [5.41, 5.74) is 7.85. The fourth-order valence-corrected chi connectivity index (χ4v) is 2.22. The summed E-state index contributed by atoms with van der Waals surface area (Å²) in [5.74, 6) is 6.39. The van der Waals surface area contributed by atoms with Crippen LogP contribution in [0.4, 0.5) is 0 Å². The molecule has 1 aromatic rings. The molecule has 3 N–H and O–H groups in total. The lowest BCUT2D eigenvalue weighted by atomic mass is 10.0. The van der Waals surface area contributed by atoms with Gasteiger partial charge in [-0.25, -0.2) is 0 Å². The summed E-state index contributed by atoms with van der Waals surface area (Å²) in [6, 6.07) is 6.08. The van der Waals surface area contributed by atoms with E-state index in [0.717, 1.165) is 24.0 Å². The molecule has 2 unspecified atom stereocenters. The molecule has 1 aliphatic carbocycles. The standard InChI is InChI=1S/C16H20N2O/c1-3-12-10-15(12)18-16(19)14-9-11(2)6-7-13(14)5-4-8-17/h6-7,9,12,15H,3,8,10,17H2,1-2H3,(H,18,19). The molecule has 0 heterocycles. The smallest absolute Gasteiger partial charge is 0.252 e. The number of carbonyl (C=O) groups is 1. The first-order valence-corrected chi connectivity index (χ1v) is 6.76. The fourth-order valence-electron chi connectivity index (χ4n) is 2.22. The number of amides is 1. The Bertz CT molecular complexity index is 539. The number of hydrogen-bond acceptors (Lipinski definition) is 2. The number of aryl methyl sites for hydroxylation is 1. The van der Waals surface area contributed by atoms with Crippen molar-refractivity contribution in [2.45, 2.75) is 32.7 Å². The highest BCUT2D eigenvalue weighted by Gasteiger charge is 2.36. The molecule has 1 aromatic carbocycles. The average molecular weight is 256 g/mol. The summed E-state index contributed by atoms with van der Waals surface area (Å²) in [6.07, 6.45) is 2.22. The molecule has 0 saturated heterocycles. The fraction of sp³-hybridized carbons (Fsp3) is 0.438. The van der Waals surface area contributed by atoms with Crippen molar-refractivity contribution in [1.82, 2.24) is 5.32 Å². The van der Waals surface area contributed by atoms with Gasteiger partial charge in [0.15, 0.2) is 0 Å². The van der Waals surface area contributed by atoms with Crippen molar-refractivity contribution >= 4 is 5.91 Å². The Morgan fingerprint density at radius 2 is 2.32 bits per heavy atom. The molecule has 3 nitrogen and oxygen atoms in total. The van der Waals surface area contributed by atoms with Crippen molar-refractivity contribution in [3.05, 3.63) is 34.9 Å². The molecule has 0 radical (unpaired) electrons. The highest BCUT2D eigenvalue weighted by atomic mass is 16.1. The Kier molecular flexibility index (Phi) is 4.24. The van der Waals surface area contributed by atoms with Crippen molar-refractivity contribution in [3.8, 4) is 11.8 Å². The number of rotatable bonds is 3. The minimum absolute atomic E-state index is 0.0222. The third-order valence-corrected chi connectivity index (χ3v) is 3.51. The van der Waals surface area contributed by atoms with E-state index in [-0.39, 0.29) is 5.91 Å². The number of carbonyl (C=O) groups excluding carboxylic acids is 1. The largest absolute Gasteiger partial charge is 0.349 e. The highest BCUT2D eigenvalue weighted by molar-refractivity contribution is 5.97. The first kappa shape index (κ1) is 13.6. The molecule has 2 rings (SSSR count). The molecule has 0 aromatic heterocycles. The van der Waals surface area contributed by atoms with E-state index in [2.05, 4.69) is 24.1 Å². The number of nitrogens with two attached hydrogens (primary N) is 1. The summed E-state index contributed by atoms with van der Waals surface area (Å²) >= 11 is 0. The van der Waals surface area contributed by atoms with Gasteiger partial charge in [0, 0.05) is 11.6 Å². The molecule has 1 fully saturated rings. The molecule has 100 valence electrons. The molecule has 1 saturated carbocycles. The molecule has 0 aliphatic heterocycles. The van der Waals surface area contributed by atoms with E-state index in [1.807, 2.05) is 25.1 Å². The Hall–Kier alpha value is -1.79. The van der Waals surface area contributed by atoms with E-state index in [0.29, 0.717) is 24.1 Å². The lowest BCUT2D eigenvalue weighted by Gasteiger charge is -2.07. The summed E-state index contributed by atoms with van der Waals surface area (Å²) < 4.78 is 0. The summed E-state index contributed by atoms with van der Waals surface area (Å²) in [4.78, 5) is 12.3. The number of nitrogens with one attached hydrogen (secondary N) is 1. The molecule has 2 atom stereocenters. The third-order valence-electron chi connectivity index (χ3n) is 3.51. The van der Waals surface area contributed by atoms with Crippen LogP contribution in [-0.4, -0.2) is 18.5 Å². The first-order chi connectivity index (χ1) is 9.15. The zero-order chi connectivity index (χ0) is 13.8. The predicted octanol–water partition coefficient (Wildman–Crippen LogP) is 1.83. The Morgan fingerprint density at radius 3 is 2.95 bits per heavy atom. The van der Waals surface area contributed by atoms with Gasteiger partial charge < -0.3 is 11.1 Å². The van der Waals surface area contributed by atoms with Crippen LogP contribution in [0.15, 0.2) is 18.2 Å². The van der Waals surface area contributed by atoms with E-state index in [1.165, 1.54) is 0 Å². The van der Waals surface area contributed by atoms with E-state index in [4.69, 9.17) is 5.73 Å². The van der Waals surface area contributed by atoms with E-state index >= 15 is 0 Å². The highest BCUT2D eigenvalue weighted by Crippen LogP contribution is 2.33. The lowest BCUT2D eigenvalue weighted by molar-refractivity contribution is 0.0948. The van der Waals surface area contributed by atoms with Crippen LogP contribution in [0.3, 0.4) is 0 Å². The Balaban J connectivity index is 2.17. The van der Waals surface area contributed by atoms with E-state index < -0.39 is 0 Å². The van der Waals surface area contributed by atoms with E-state index in [9.17, 15) is 4.79 Å². The Morgan fingerprint density at radius 1 is 1.53 bits per heavy atom. The van der Waals surface area contributed by atoms with Crippen LogP contribution < -0.4 is 11.1 Å². The average Bonchev–Trinajstić information content (AvgIpc) is 3.15. The molecular weight excluding hydrogens is 236 g/mol. The van der Waals surface area contributed by atoms with Gasteiger partial charge >= 0.3 is 0 Å². The predicted molar refractivity (Wildman–Crippen MR) is 76.8 cm³/mol. The molecule has 1 amide bonds. The van der Waals surface area contributed by atoms with Crippen LogP contribution in [0.25, 0.3) is 0 Å². The van der Waals surface area contributed by atoms with Crippen LogP contribution in [0.5, 0.6) is 0 Å². The van der Waals surface area contributed by atoms with Gasteiger partial charge in [0.05, 0.1) is 12.1 Å². The van der Waals surface area contributed by atoms with Crippen molar-refractivity contribution in [2.75, 3.05) is 6.54 Å². The van der Waals surface area contributed by atoms with Gasteiger partial charge in [-0.1, -0.05) is 36.8 Å². The molecule has 0 bridgehead atoms. The monoisotopic (exact) mass is 256 g/mol. The first-order valence-electron chi connectivity index (χ1n) is 6.76. The topological polar surface area (TPSA) is 55.1 Å². The zero-order valence-corrected chi connectivity index (χ0v) is 11.5. The molecule has 1 aliphatic rings. The minimum Gasteiger partial charge on any atom is -0.349 e. The van der Waals surface area contributed by atoms with Gasteiger partial charge in [0.2, 0.25) is 0 Å². The second-order valence-electron chi connectivity index (χ2n) is 5.04. The normalized spacial score (nSPS) is 20.4. The lowest BCUT2D eigenvalue weighted by Crippen LogP contribution is -2.27. The number of benzene rings is 1. The van der Waals surface area contributed by atoms with Crippen molar-refractivity contribution < 1.29 is 4.79 Å². The maximum Gasteiger partial charge on any atom is 0.252 e. The quantitative estimate of drug-likeness (QED) is 0.811. The van der Waals surface area contributed by atoms with Crippen molar-refractivity contribution in [2.24, 2.45) is 11.7 Å². The van der Waals surface area contributed by atoms with Gasteiger partial charge in [0.25, 0.3) is 5.91 Å². The van der Waals surface area contributed by atoms with Crippen LogP contribution in [0, 0.1) is 24.7 Å². The summed E-state index contributed by atoms with van der Waals surface area (Å²) in [6.45, 7) is 4.43. The molecule has 19 heavy (non-hydrogen) atoms. The second-order valence-corrected chi connectivity index (χ2v) is 5.04.